The molecule has 1 N–H and O–H groups in total. The second-order valence-corrected chi connectivity index (χ2v) is 7.64. The molecular weight excluding hydrogens is 430 g/mol. The zero-order chi connectivity index (χ0) is 22.1. The second-order valence-electron chi connectivity index (χ2n) is 6.80. The van der Waals surface area contributed by atoms with Crippen molar-refractivity contribution in [1.82, 2.24) is 10.2 Å². The van der Waals surface area contributed by atoms with Gasteiger partial charge in [-0.3, -0.25) is 9.59 Å². The van der Waals surface area contributed by atoms with Crippen LogP contribution in [0, 0.1) is 5.82 Å². The van der Waals surface area contributed by atoms with E-state index in [-0.39, 0.29) is 24.1 Å². The monoisotopic (exact) mass is 454 g/mol. The lowest BCUT2D eigenvalue weighted by Gasteiger charge is -2.29. The van der Waals surface area contributed by atoms with Crippen molar-refractivity contribution in [2.24, 2.45) is 0 Å². The fourth-order valence-electron chi connectivity index (χ4n) is 2.74. The number of ether oxygens (including phenoxy) is 1. The molecule has 0 aliphatic carbocycles. The Morgan fingerprint density at radius 3 is 2.60 bits per heavy atom. The highest BCUT2D eigenvalue weighted by atomic mass is 35.5. The first-order valence-corrected chi connectivity index (χ1v) is 10.5. The number of nitrogens with one attached hydrogen (secondary N) is 1. The number of benzene rings is 2. The van der Waals surface area contributed by atoms with E-state index < -0.39 is 17.8 Å². The molecule has 1 atom stereocenters. The maximum absolute atomic E-state index is 14.2. The molecule has 5 nitrogen and oxygen atoms in total. The maximum atomic E-state index is 14.2. The van der Waals surface area contributed by atoms with E-state index in [9.17, 15) is 14.0 Å². The maximum Gasteiger partial charge on any atom is 0.261 e. The molecular formula is C22H25Cl2FN2O3. The molecule has 0 heterocycles. The van der Waals surface area contributed by atoms with Crippen LogP contribution in [-0.2, 0) is 16.1 Å². The van der Waals surface area contributed by atoms with Gasteiger partial charge in [-0.15, -0.1) is 0 Å². The number of carbonyl (C=O) groups is 2. The van der Waals surface area contributed by atoms with E-state index in [1.807, 2.05) is 6.92 Å². The number of halogens is 3. The third-order valence-electron chi connectivity index (χ3n) is 4.54. The molecule has 0 radical (unpaired) electrons. The summed E-state index contributed by atoms with van der Waals surface area (Å²) in [5, 5.41) is 3.51. The number of hydrogen-bond acceptors (Lipinski definition) is 3. The zero-order valence-corrected chi connectivity index (χ0v) is 18.5. The SMILES string of the molecule is CCCCNC(=O)[C@H](C)N(Cc1ccccc1F)C(=O)COc1ccc(Cl)cc1Cl. The lowest BCUT2D eigenvalue weighted by Crippen LogP contribution is -2.49. The molecule has 30 heavy (non-hydrogen) atoms. The van der Waals surface area contributed by atoms with E-state index in [1.165, 1.54) is 17.0 Å². The van der Waals surface area contributed by atoms with Crippen LogP contribution in [0.2, 0.25) is 10.0 Å². The number of unbranched alkanes of at least 4 members (excludes halogenated alkanes) is 1. The summed E-state index contributed by atoms with van der Waals surface area (Å²) in [4.78, 5) is 26.7. The van der Waals surface area contributed by atoms with Gasteiger partial charge in [0.2, 0.25) is 5.91 Å². The van der Waals surface area contributed by atoms with Gasteiger partial charge in [0.05, 0.1) is 5.02 Å². The highest BCUT2D eigenvalue weighted by Gasteiger charge is 2.27. The third kappa shape index (κ3) is 6.89. The minimum atomic E-state index is -0.807. The van der Waals surface area contributed by atoms with Crippen LogP contribution in [0.1, 0.15) is 32.3 Å². The lowest BCUT2D eigenvalue weighted by molar-refractivity contribution is -0.142. The standard InChI is InChI=1S/C22H25Cl2FN2O3/c1-3-4-11-26-22(29)15(2)27(13-16-7-5-6-8-19(16)25)21(28)14-30-20-10-9-17(23)12-18(20)24/h5-10,12,15H,3-4,11,13-14H2,1-2H3,(H,26,29)/t15-/m0/s1. The Balaban J connectivity index is 2.15. The first-order valence-electron chi connectivity index (χ1n) is 9.72. The zero-order valence-electron chi connectivity index (χ0n) is 17.0. The molecule has 0 aliphatic heterocycles. The Morgan fingerprint density at radius 2 is 1.93 bits per heavy atom. The van der Waals surface area contributed by atoms with Crippen LogP contribution < -0.4 is 10.1 Å². The molecule has 2 aromatic rings. The molecule has 0 aromatic heterocycles. The Kier molecular flexibility index (Phi) is 9.40. The van der Waals surface area contributed by atoms with Crippen molar-refractivity contribution in [2.75, 3.05) is 13.2 Å². The first kappa shape index (κ1) is 24.0. The lowest BCUT2D eigenvalue weighted by atomic mass is 10.1. The molecule has 0 saturated carbocycles. The first-order chi connectivity index (χ1) is 14.3. The summed E-state index contributed by atoms with van der Waals surface area (Å²) >= 11 is 11.9. The molecule has 0 bridgehead atoms. The fraction of sp³-hybridized carbons (Fsp3) is 0.364. The molecule has 2 amide bonds. The van der Waals surface area contributed by atoms with Crippen LogP contribution in [0.5, 0.6) is 5.75 Å². The van der Waals surface area contributed by atoms with Crippen molar-refractivity contribution in [1.29, 1.82) is 0 Å². The van der Waals surface area contributed by atoms with Crippen LogP contribution in [0.15, 0.2) is 42.5 Å². The van der Waals surface area contributed by atoms with Crippen molar-refractivity contribution in [3.63, 3.8) is 0 Å². The van der Waals surface area contributed by atoms with Gasteiger partial charge in [0, 0.05) is 23.7 Å². The molecule has 0 aliphatic rings. The van der Waals surface area contributed by atoms with E-state index in [0.29, 0.717) is 22.9 Å². The van der Waals surface area contributed by atoms with Gasteiger partial charge < -0.3 is 15.0 Å². The largest absolute Gasteiger partial charge is 0.482 e. The van der Waals surface area contributed by atoms with E-state index in [2.05, 4.69) is 5.32 Å². The van der Waals surface area contributed by atoms with Crippen molar-refractivity contribution in [3.8, 4) is 5.75 Å². The van der Waals surface area contributed by atoms with E-state index in [4.69, 9.17) is 27.9 Å². The smallest absolute Gasteiger partial charge is 0.261 e. The number of amides is 2. The van der Waals surface area contributed by atoms with Gasteiger partial charge in [-0.05, 0) is 37.6 Å². The summed E-state index contributed by atoms with van der Waals surface area (Å²) in [7, 11) is 0. The molecule has 2 rings (SSSR count). The van der Waals surface area contributed by atoms with Gasteiger partial charge in [-0.1, -0.05) is 54.7 Å². The molecule has 0 spiro atoms. The Bertz CT molecular complexity index is 879. The Labute approximate surface area is 186 Å². The second kappa shape index (κ2) is 11.8. The average molecular weight is 455 g/mol. The van der Waals surface area contributed by atoms with Crippen molar-refractivity contribution in [3.05, 3.63) is 63.9 Å². The molecule has 2 aromatic carbocycles. The van der Waals surface area contributed by atoms with Gasteiger partial charge in [-0.25, -0.2) is 4.39 Å². The summed E-state index contributed by atoms with van der Waals surface area (Å²) < 4.78 is 19.7. The van der Waals surface area contributed by atoms with Gasteiger partial charge in [-0.2, -0.15) is 0 Å². The number of hydrogen-bond donors (Lipinski definition) is 1. The molecule has 0 saturated heterocycles. The highest BCUT2D eigenvalue weighted by molar-refractivity contribution is 6.35. The van der Waals surface area contributed by atoms with Crippen LogP contribution in [-0.4, -0.2) is 35.9 Å². The van der Waals surface area contributed by atoms with Gasteiger partial charge in [0.1, 0.15) is 17.6 Å². The predicted octanol–water partition coefficient (Wildman–Crippen LogP) is 4.84. The van der Waals surface area contributed by atoms with Crippen LogP contribution >= 0.6 is 23.2 Å². The van der Waals surface area contributed by atoms with Gasteiger partial charge >= 0.3 is 0 Å². The average Bonchev–Trinajstić information content (AvgIpc) is 2.72. The quantitative estimate of drug-likeness (QED) is 0.522. The fourth-order valence-corrected chi connectivity index (χ4v) is 3.21. The van der Waals surface area contributed by atoms with Gasteiger partial charge in [0.25, 0.3) is 5.91 Å². The topological polar surface area (TPSA) is 58.6 Å². The van der Waals surface area contributed by atoms with Crippen molar-refractivity contribution in [2.45, 2.75) is 39.3 Å². The molecule has 0 unspecified atom stereocenters. The summed E-state index contributed by atoms with van der Waals surface area (Å²) in [6, 6.07) is 9.98. The van der Waals surface area contributed by atoms with E-state index in [1.54, 1.807) is 37.3 Å². The third-order valence-corrected chi connectivity index (χ3v) is 5.07. The van der Waals surface area contributed by atoms with Crippen LogP contribution in [0.25, 0.3) is 0 Å². The normalized spacial score (nSPS) is 11.6. The van der Waals surface area contributed by atoms with E-state index >= 15 is 0 Å². The van der Waals surface area contributed by atoms with Crippen molar-refractivity contribution >= 4 is 35.0 Å². The minimum Gasteiger partial charge on any atom is -0.482 e. The van der Waals surface area contributed by atoms with Gasteiger partial charge in [0.15, 0.2) is 6.61 Å². The Hall–Kier alpha value is -2.31. The highest BCUT2D eigenvalue weighted by Crippen LogP contribution is 2.27. The van der Waals surface area contributed by atoms with Crippen molar-refractivity contribution < 1.29 is 18.7 Å². The summed E-state index contributed by atoms with van der Waals surface area (Å²) in [6.07, 6.45) is 1.76. The summed E-state index contributed by atoms with van der Waals surface area (Å²) in [5.41, 5.74) is 0.309. The van der Waals surface area contributed by atoms with Crippen LogP contribution in [0.3, 0.4) is 0 Å². The predicted molar refractivity (Wildman–Crippen MR) is 116 cm³/mol. The van der Waals surface area contributed by atoms with E-state index in [0.717, 1.165) is 12.8 Å². The summed E-state index contributed by atoms with van der Waals surface area (Å²) in [5.74, 6) is -0.934. The number of carbonyl (C=O) groups excluding carboxylic acids is 2. The molecule has 0 fully saturated rings. The van der Waals surface area contributed by atoms with Crippen LogP contribution in [0.4, 0.5) is 4.39 Å². The molecule has 8 heteroatoms. The number of rotatable bonds is 10. The minimum absolute atomic E-state index is 0.0639. The summed E-state index contributed by atoms with van der Waals surface area (Å²) in [6.45, 7) is 3.71. The number of nitrogens with zero attached hydrogens (tertiary/aromatic N) is 1. The Morgan fingerprint density at radius 1 is 1.20 bits per heavy atom. The molecule has 162 valence electrons.